The Morgan fingerprint density at radius 3 is 2.82 bits per heavy atom. The van der Waals surface area contributed by atoms with Gasteiger partial charge in [-0.1, -0.05) is 13.8 Å². The second-order valence-corrected chi connectivity index (χ2v) is 5.77. The molecule has 3 nitrogen and oxygen atoms in total. The minimum Gasteiger partial charge on any atom is -0.334 e. The van der Waals surface area contributed by atoms with Crippen molar-refractivity contribution in [2.75, 3.05) is 6.54 Å². The van der Waals surface area contributed by atoms with Crippen LogP contribution in [-0.4, -0.2) is 28.4 Å². The summed E-state index contributed by atoms with van der Waals surface area (Å²) in [5, 5.41) is 0. The maximum Gasteiger partial charge on any atom is 0.273 e. The summed E-state index contributed by atoms with van der Waals surface area (Å²) in [6.45, 7) is 5.08. The Morgan fingerprint density at radius 2 is 2.29 bits per heavy atom. The van der Waals surface area contributed by atoms with E-state index in [1.54, 1.807) is 6.20 Å². The van der Waals surface area contributed by atoms with E-state index in [1.807, 2.05) is 17.0 Å². The van der Waals surface area contributed by atoms with Crippen molar-refractivity contribution in [3.63, 3.8) is 0 Å². The van der Waals surface area contributed by atoms with E-state index in [-0.39, 0.29) is 5.91 Å². The van der Waals surface area contributed by atoms with E-state index in [2.05, 4.69) is 34.8 Å². The molecule has 2 rings (SSSR count). The molecular formula is C13H17BrN2O. The number of carbonyl (C=O) groups excluding carboxylic acids is 1. The predicted molar refractivity (Wildman–Crippen MR) is 70.8 cm³/mol. The van der Waals surface area contributed by atoms with Gasteiger partial charge in [-0.3, -0.25) is 4.79 Å². The van der Waals surface area contributed by atoms with Gasteiger partial charge in [0.1, 0.15) is 5.69 Å². The number of rotatable bonds is 4. The van der Waals surface area contributed by atoms with Crippen molar-refractivity contribution in [1.82, 2.24) is 9.88 Å². The normalized spacial score (nSPS) is 15.1. The van der Waals surface area contributed by atoms with E-state index in [0.717, 1.165) is 23.9 Å². The standard InChI is InChI=1S/C13H17BrN2O/c1-9(2)8-16(10-5-6-10)13(17)12-11(14)4-3-7-15-12/h3-4,7,9-10H,5-6,8H2,1-2H3. The first-order valence-electron chi connectivity index (χ1n) is 6.01. The summed E-state index contributed by atoms with van der Waals surface area (Å²) in [5.41, 5.74) is 0.528. The Bertz CT molecular complexity index is 416. The van der Waals surface area contributed by atoms with E-state index in [1.165, 1.54) is 0 Å². The van der Waals surface area contributed by atoms with Crippen LogP contribution < -0.4 is 0 Å². The molecule has 0 spiro atoms. The molecule has 4 heteroatoms. The average Bonchev–Trinajstić information content (AvgIpc) is 3.09. The van der Waals surface area contributed by atoms with Gasteiger partial charge < -0.3 is 4.90 Å². The molecule has 1 aliphatic carbocycles. The summed E-state index contributed by atoms with van der Waals surface area (Å²) in [4.78, 5) is 18.6. The first-order valence-corrected chi connectivity index (χ1v) is 6.80. The minimum absolute atomic E-state index is 0.0497. The van der Waals surface area contributed by atoms with Gasteiger partial charge in [-0.15, -0.1) is 0 Å². The number of hydrogen-bond acceptors (Lipinski definition) is 2. The molecule has 0 atom stereocenters. The molecule has 1 aliphatic rings. The summed E-state index contributed by atoms with van der Waals surface area (Å²) >= 11 is 3.39. The van der Waals surface area contributed by atoms with Crippen LogP contribution in [0, 0.1) is 5.92 Å². The molecule has 17 heavy (non-hydrogen) atoms. The van der Waals surface area contributed by atoms with Crippen LogP contribution in [0.25, 0.3) is 0 Å². The van der Waals surface area contributed by atoms with Gasteiger partial charge in [0.05, 0.1) is 0 Å². The molecule has 0 unspecified atom stereocenters. The van der Waals surface area contributed by atoms with Crippen molar-refractivity contribution in [3.8, 4) is 0 Å². The highest BCUT2D eigenvalue weighted by Gasteiger charge is 2.34. The van der Waals surface area contributed by atoms with Gasteiger partial charge in [0.15, 0.2) is 0 Å². The Balaban J connectivity index is 2.19. The minimum atomic E-state index is 0.0497. The molecule has 0 N–H and O–H groups in total. The zero-order valence-corrected chi connectivity index (χ0v) is 11.8. The first-order chi connectivity index (χ1) is 8.09. The molecule has 1 saturated carbocycles. The van der Waals surface area contributed by atoms with E-state index < -0.39 is 0 Å². The number of carbonyl (C=O) groups is 1. The third kappa shape index (κ3) is 3.06. The first kappa shape index (κ1) is 12.6. The van der Waals surface area contributed by atoms with Crippen molar-refractivity contribution in [1.29, 1.82) is 0 Å². The molecule has 92 valence electrons. The Labute approximate surface area is 110 Å². The van der Waals surface area contributed by atoms with Crippen molar-refractivity contribution < 1.29 is 4.79 Å². The Morgan fingerprint density at radius 1 is 1.59 bits per heavy atom. The van der Waals surface area contributed by atoms with Crippen LogP contribution in [0.2, 0.25) is 0 Å². The van der Waals surface area contributed by atoms with E-state index in [4.69, 9.17) is 0 Å². The van der Waals surface area contributed by atoms with Crippen LogP contribution in [0.4, 0.5) is 0 Å². The van der Waals surface area contributed by atoms with Gasteiger partial charge in [0.2, 0.25) is 0 Å². The van der Waals surface area contributed by atoms with Crippen molar-refractivity contribution in [3.05, 3.63) is 28.5 Å². The molecule has 0 saturated heterocycles. The highest BCUT2D eigenvalue weighted by atomic mass is 79.9. The second-order valence-electron chi connectivity index (χ2n) is 4.92. The van der Waals surface area contributed by atoms with Gasteiger partial charge in [-0.05, 0) is 46.8 Å². The summed E-state index contributed by atoms with van der Waals surface area (Å²) in [5.74, 6) is 0.538. The van der Waals surface area contributed by atoms with E-state index in [9.17, 15) is 4.79 Å². The topological polar surface area (TPSA) is 33.2 Å². The SMILES string of the molecule is CC(C)CN(C(=O)c1ncccc1Br)C1CC1. The quantitative estimate of drug-likeness (QED) is 0.855. The predicted octanol–water partition coefficient (Wildman–Crippen LogP) is 3.10. The zero-order valence-electron chi connectivity index (χ0n) is 10.2. The fourth-order valence-corrected chi connectivity index (χ4v) is 2.28. The fraction of sp³-hybridized carbons (Fsp3) is 0.538. The maximum absolute atomic E-state index is 12.4. The Kier molecular flexibility index (Phi) is 3.82. The van der Waals surface area contributed by atoms with Gasteiger partial charge in [-0.2, -0.15) is 0 Å². The zero-order chi connectivity index (χ0) is 12.4. The molecule has 1 amide bonds. The summed E-state index contributed by atoms with van der Waals surface area (Å²) in [6.07, 6.45) is 3.92. The van der Waals surface area contributed by atoms with Crippen LogP contribution in [0.15, 0.2) is 22.8 Å². The van der Waals surface area contributed by atoms with E-state index in [0.29, 0.717) is 17.7 Å². The Hall–Kier alpha value is -0.900. The lowest BCUT2D eigenvalue weighted by atomic mass is 10.2. The molecule has 0 aromatic carbocycles. The molecule has 1 heterocycles. The highest BCUT2D eigenvalue weighted by molar-refractivity contribution is 9.10. The molecule has 1 aromatic rings. The third-order valence-electron chi connectivity index (χ3n) is 2.77. The monoisotopic (exact) mass is 296 g/mol. The fourth-order valence-electron chi connectivity index (χ4n) is 1.86. The second kappa shape index (κ2) is 5.17. The summed E-state index contributed by atoms with van der Waals surface area (Å²) in [7, 11) is 0. The number of aromatic nitrogens is 1. The molecular weight excluding hydrogens is 280 g/mol. The van der Waals surface area contributed by atoms with Gasteiger partial charge in [-0.25, -0.2) is 4.98 Å². The van der Waals surface area contributed by atoms with Crippen LogP contribution in [0.5, 0.6) is 0 Å². The molecule has 0 radical (unpaired) electrons. The molecule has 0 bridgehead atoms. The third-order valence-corrected chi connectivity index (χ3v) is 3.41. The number of nitrogens with zero attached hydrogens (tertiary/aromatic N) is 2. The van der Waals surface area contributed by atoms with Crippen LogP contribution in [-0.2, 0) is 0 Å². The molecule has 1 fully saturated rings. The van der Waals surface area contributed by atoms with Crippen molar-refractivity contribution >= 4 is 21.8 Å². The molecule has 0 aliphatic heterocycles. The lowest BCUT2D eigenvalue weighted by molar-refractivity contribution is 0.0715. The van der Waals surface area contributed by atoms with Gasteiger partial charge in [0.25, 0.3) is 5.91 Å². The maximum atomic E-state index is 12.4. The van der Waals surface area contributed by atoms with Crippen LogP contribution >= 0.6 is 15.9 Å². The van der Waals surface area contributed by atoms with E-state index >= 15 is 0 Å². The largest absolute Gasteiger partial charge is 0.334 e. The van der Waals surface area contributed by atoms with Crippen LogP contribution in [0.3, 0.4) is 0 Å². The van der Waals surface area contributed by atoms with Gasteiger partial charge in [0, 0.05) is 23.3 Å². The lowest BCUT2D eigenvalue weighted by Crippen LogP contribution is -2.36. The summed E-state index contributed by atoms with van der Waals surface area (Å²) < 4.78 is 0.777. The number of halogens is 1. The average molecular weight is 297 g/mol. The number of pyridine rings is 1. The summed E-state index contributed by atoms with van der Waals surface area (Å²) in [6, 6.07) is 4.12. The van der Waals surface area contributed by atoms with Crippen LogP contribution in [0.1, 0.15) is 37.2 Å². The lowest BCUT2D eigenvalue weighted by Gasteiger charge is -2.24. The van der Waals surface area contributed by atoms with Crippen molar-refractivity contribution in [2.45, 2.75) is 32.7 Å². The van der Waals surface area contributed by atoms with Crippen molar-refractivity contribution in [2.24, 2.45) is 5.92 Å². The van der Waals surface area contributed by atoms with Gasteiger partial charge >= 0.3 is 0 Å². The number of hydrogen-bond donors (Lipinski definition) is 0. The smallest absolute Gasteiger partial charge is 0.273 e. The highest BCUT2D eigenvalue weighted by Crippen LogP contribution is 2.29. The molecule has 1 aromatic heterocycles. The number of amides is 1.